The predicted molar refractivity (Wildman–Crippen MR) is 74.2 cm³/mol. The number of hydrogen-bond donors (Lipinski definition) is 0. The van der Waals surface area contributed by atoms with Crippen molar-refractivity contribution in [3.8, 4) is 0 Å². The Morgan fingerprint density at radius 3 is 2.74 bits per heavy atom. The second-order valence-corrected chi connectivity index (χ2v) is 5.58. The summed E-state index contributed by atoms with van der Waals surface area (Å²) in [5.41, 5.74) is 1.03. The van der Waals surface area contributed by atoms with Gasteiger partial charge in [-0.3, -0.25) is 4.79 Å². The van der Waals surface area contributed by atoms with Gasteiger partial charge >= 0.3 is 0 Å². The summed E-state index contributed by atoms with van der Waals surface area (Å²) in [7, 11) is 0. The number of fused-ring (bicyclic) bond motifs is 1. The molecule has 0 radical (unpaired) electrons. The highest BCUT2D eigenvalue weighted by Crippen LogP contribution is 2.21. The van der Waals surface area contributed by atoms with Gasteiger partial charge in [0.1, 0.15) is 5.82 Å². The van der Waals surface area contributed by atoms with E-state index in [2.05, 4.69) is 16.1 Å². The molecular formula is C14H22N4O. The first kappa shape index (κ1) is 12.5. The van der Waals surface area contributed by atoms with Crippen LogP contribution in [0.5, 0.6) is 0 Å². The maximum Gasteiger partial charge on any atom is 0.242 e. The topological polar surface area (TPSA) is 41.4 Å². The smallest absolute Gasteiger partial charge is 0.242 e. The zero-order valence-electron chi connectivity index (χ0n) is 11.6. The average Bonchev–Trinajstić information content (AvgIpc) is 2.81. The lowest BCUT2D eigenvalue weighted by Crippen LogP contribution is -2.44. The minimum Gasteiger partial charge on any atom is -0.347 e. The Bertz CT molecular complexity index is 462. The molecule has 0 atom stereocenters. The van der Waals surface area contributed by atoms with Crippen LogP contribution in [0.2, 0.25) is 0 Å². The Labute approximate surface area is 114 Å². The summed E-state index contributed by atoms with van der Waals surface area (Å²) in [6, 6.07) is 2.09. The Kier molecular flexibility index (Phi) is 3.44. The zero-order valence-corrected chi connectivity index (χ0v) is 11.6. The summed E-state index contributed by atoms with van der Waals surface area (Å²) in [5.74, 6) is 1.38. The molecule has 0 unspecified atom stereocenters. The highest BCUT2D eigenvalue weighted by molar-refractivity contribution is 5.81. The molecule has 104 valence electrons. The van der Waals surface area contributed by atoms with Crippen molar-refractivity contribution in [2.45, 2.75) is 39.2 Å². The molecule has 5 heteroatoms. The van der Waals surface area contributed by atoms with E-state index in [9.17, 15) is 4.79 Å². The highest BCUT2D eigenvalue weighted by Gasteiger charge is 2.23. The van der Waals surface area contributed by atoms with Crippen LogP contribution in [0.3, 0.4) is 0 Å². The van der Waals surface area contributed by atoms with Gasteiger partial charge in [-0.1, -0.05) is 0 Å². The van der Waals surface area contributed by atoms with E-state index in [-0.39, 0.29) is 5.91 Å². The van der Waals surface area contributed by atoms with Crippen molar-refractivity contribution in [3.63, 3.8) is 0 Å². The Morgan fingerprint density at radius 1 is 1.16 bits per heavy atom. The maximum atomic E-state index is 12.3. The number of carbonyl (C=O) groups is 1. The van der Waals surface area contributed by atoms with E-state index in [0.717, 1.165) is 57.0 Å². The summed E-state index contributed by atoms with van der Waals surface area (Å²) >= 11 is 0. The second-order valence-electron chi connectivity index (χ2n) is 5.58. The molecule has 19 heavy (non-hydrogen) atoms. The van der Waals surface area contributed by atoms with E-state index in [0.29, 0.717) is 6.54 Å². The van der Waals surface area contributed by atoms with Crippen LogP contribution >= 0.6 is 0 Å². The number of nitrogens with zero attached hydrogens (tertiary/aromatic N) is 4. The Hall–Kier alpha value is -1.52. The van der Waals surface area contributed by atoms with Crippen LogP contribution in [0.15, 0.2) is 6.07 Å². The lowest BCUT2D eigenvalue weighted by Gasteiger charge is -2.32. The molecule has 1 saturated heterocycles. The Balaban J connectivity index is 1.68. The molecule has 0 bridgehead atoms. The molecular weight excluding hydrogens is 240 g/mol. The summed E-state index contributed by atoms with van der Waals surface area (Å²) in [4.78, 5) is 16.5. The van der Waals surface area contributed by atoms with Gasteiger partial charge < -0.3 is 9.80 Å². The van der Waals surface area contributed by atoms with Crippen LogP contribution < -0.4 is 4.90 Å². The number of amides is 1. The molecule has 1 amide bonds. The average molecular weight is 262 g/mol. The lowest BCUT2D eigenvalue weighted by molar-refractivity contribution is -0.130. The predicted octanol–water partition coefficient (Wildman–Crippen LogP) is 1.41. The van der Waals surface area contributed by atoms with Crippen molar-refractivity contribution in [3.05, 3.63) is 11.8 Å². The van der Waals surface area contributed by atoms with Gasteiger partial charge in [-0.05, 0) is 32.6 Å². The molecule has 2 aliphatic heterocycles. The molecule has 0 aromatic carbocycles. The van der Waals surface area contributed by atoms with Gasteiger partial charge in [-0.2, -0.15) is 5.10 Å². The number of piperidine rings is 1. The van der Waals surface area contributed by atoms with Crippen molar-refractivity contribution in [2.75, 3.05) is 31.1 Å². The van der Waals surface area contributed by atoms with Gasteiger partial charge in [0.15, 0.2) is 0 Å². The van der Waals surface area contributed by atoms with Crippen molar-refractivity contribution in [1.29, 1.82) is 0 Å². The van der Waals surface area contributed by atoms with Gasteiger partial charge in [0.25, 0.3) is 0 Å². The monoisotopic (exact) mass is 262 g/mol. The minimum atomic E-state index is 0.270. The summed E-state index contributed by atoms with van der Waals surface area (Å²) in [6.45, 7) is 6.32. The number of hydrogen-bond acceptors (Lipinski definition) is 3. The molecule has 1 aromatic heterocycles. The third kappa shape index (κ3) is 2.60. The first-order valence-electron chi connectivity index (χ1n) is 7.31. The van der Waals surface area contributed by atoms with E-state index in [1.165, 1.54) is 6.42 Å². The van der Waals surface area contributed by atoms with Gasteiger partial charge in [0.05, 0.1) is 12.2 Å². The van der Waals surface area contributed by atoms with E-state index in [1.54, 1.807) is 0 Å². The van der Waals surface area contributed by atoms with E-state index in [1.807, 2.05) is 16.5 Å². The van der Waals surface area contributed by atoms with Gasteiger partial charge in [0.2, 0.25) is 5.91 Å². The second kappa shape index (κ2) is 5.23. The summed E-state index contributed by atoms with van der Waals surface area (Å²) < 4.78 is 2.03. The van der Waals surface area contributed by atoms with Gasteiger partial charge in [-0.15, -0.1) is 0 Å². The summed E-state index contributed by atoms with van der Waals surface area (Å²) in [6.07, 6.45) is 4.65. The molecule has 0 spiro atoms. The SMILES string of the molecule is Cc1cc2n(n1)CCCN2CC(=O)N1CCCCC1. The number of rotatable bonds is 2. The van der Waals surface area contributed by atoms with E-state index in [4.69, 9.17) is 0 Å². The molecule has 0 aliphatic carbocycles. The van der Waals surface area contributed by atoms with Crippen molar-refractivity contribution >= 4 is 11.7 Å². The zero-order chi connectivity index (χ0) is 13.2. The number of anilines is 1. The van der Waals surface area contributed by atoms with Gasteiger partial charge in [0, 0.05) is 32.2 Å². The van der Waals surface area contributed by atoms with E-state index >= 15 is 0 Å². The number of aryl methyl sites for hydroxylation is 2. The third-order valence-corrected chi connectivity index (χ3v) is 4.04. The van der Waals surface area contributed by atoms with Crippen molar-refractivity contribution in [2.24, 2.45) is 0 Å². The van der Waals surface area contributed by atoms with E-state index < -0.39 is 0 Å². The fourth-order valence-electron chi connectivity index (χ4n) is 3.04. The van der Waals surface area contributed by atoms with Crippen LogP contribution in [0.4, 0.5) is 5.82 Å². The van der Waals surface area contributed by atoms with Crippen LogP contribution in [0, 0.1) is 6.92 Å². The van der Waals surface area contributed by atoms with Gasteiger partial charge in [-0.25, -0.2) is 4.68 Å². The first-order valence-corrected chi connectivity index (χ1v) is 7.31. The number of likely N-dealkylation sites (tertiary alicyclic amines) is 1. The molecule has 3 heterocycles. The largest absolute Gasteiger partial charge is 0.347 e. The minimum absolute atomic E-state index is 0.270. The summed E-state index contributed by atoms with van der Waals surface area (Å²) in [5, 5.41) is 4.47. The highest BCUT2D eigenvalue weighted by atomic mass is 16.2. The van der Waals surface area contributed by atoms with Crippen molar-refractivity contribution in [1.82, 2.24) is 14.7 Å². The fourth-order valence-corrected chi connectivity index (χ4v) is 3.04. The first-order chi connectivity index (χ1) is 9.24. The van der Waals surface area contributed by atoms with Crippen LogP contribution in [0.25, 0.3) is 0 Å². The molecule has 0 N–H and O–H groups in total. The number of aromatic nitrogens is 2. The fraction of sp³-hybridized carbons (Fsp3) is 0.714. The molecule has 1 aromatic rings. The molecule has 3 rings (SSSR count). The van der Waals surface area contributed by atoms with Crippen molar-refractivity contribution < 1.29 is 4.79 Å². The third-order valence-electron chi connectivity index (χ3n) is 4.04. The van der Waals surface area contributed by atoms with Crippen LogP contribution in [-0.2, 0) is 11.3 Å². The molecule has 1 fully saturated rings. The van der Waals surface area contributed by atoms with Crippen LogP contribution in [0.1, 0.15) is 31.4 Å². The van der Waals surface area contributed by atoms with Crippen LogP contribution in [-0.4, -0.2) is 46.8 Å². The molecule has 5 nitrogen and oxygen atoms in total. The maximum absolute atomic E-state index is 12.3. The molecule has 0 saturated carbocycles. The standard InChI is InChI=1S/C14H22N4O/c1-12-10-13-17(8-5-9-18(13)15-12)11-14(19)16-6-3-2-4-7-16/h10H,2-9,11H2,1H3. The number of carbonyl (C=O) groups excluding carboxylic acids is 1. The lowest BCUT2D eigenvalue weighted by atomic mass is 10.1. The molecule has 2 aliphatic rings. The Morgan fingerprint density at radius 2 is 1.95 bits per heavy atom. The normalized spacial score (nSPS) is 19.4. The quantitative estimate of drug-likeness (QED) is 0.809.